The molecule has 1 aromatic heterocycles. The van der Waals surface area contributed by atoms with Gasteiger partial charge in [-0.2, -0.15) is 0 Å². The standard InChI is InChI=1S/C19H17FN2O2/c1-13-5-4-6-14(11-13)22-18(23)9-10-19-21-12-17(24-19)15-7-2-3-8-16(15)20/h2-8,11-12H,9-10H2,1H3,(H,22,23). The number of hydrogen-bond donors (Lipinski definition) is 1. The van der Waals surface area contributed by atoms with Gasteiger partial charge in [0.1, 0.15) is 5.82 Å². The molecular weight excluding hydrogens is 307 g/mol. The third-order valence-electron chi connectivity index (χ3n) is 3.56. The molecule has 0 radical (unpaired) electrons. The molecule has 5 heteroatoms. The molecule has 0 saturated carbocycles. The lowest BCUT2D eigenvalue weighted by Crippen LogP contribution is -2.12. The van der Waals surface area contributed by atoms with Gasteiger partial charge in [-0.1, -0.05) is 24.3 Å². The molecule has 1 N–H and O–H groups in total. The first kappa shape index (κ1) is 15.9. The topological polar surface area (TPSA) is 55.1 Å². The monoisotopic (exact) mass is 324 g/mol. The first-order valence-corrected chi connectivity index (χ1v) is 7.68. The number of hydrogen-bond acceptors (Lipinski definition) is 3. The van der Waals surface area contributed by atoms with Gasteiger partial charge in [0.2, 0.25) is 5.91 Å². The number of amides is 1. The maximum atomic E-state index is 13.7. The number of anilines is 1. The molecule has 0 unspecified atom stereocenters. The molecule has 3 aromatic rings. The van der Waals surface area contributed by atoms with E-state index in [4.69, 9.17) is 4.42 Å². The number of nitrogens with zero attached hydrogens (tertiary/aromatic N) is 1. The predicted molar refractivity (Wildman–Crippen MR) is 90.0 cm³/mol. The zero-order valence-electron chi connectivity index (χ0n) is 13.3. The van der Waals surface area contributed by atoms with Crippen LogP contribution >= 0.6 is 0 Å². The van der Waals surface area contributed by atoms with Gasteiger partial charge < -0.3 is 9.73 Å². The minimum atomic E-state index is -0.364. The molecular formula is C19H17FN2O2. The van der Waals surface area contributed by atoms with Gasteiger partial charge in [0.25, 0.3) is 0 Å². The van der Waals surface area contributed by atoms with E-state index in [1.54, 1.807) is 18.2 Å². The molecule has 1 heterocycles. The van der Waals surface area contributed by atoms with Crippen molar-refractivity contribution >= 4 is 11.6 Å². The highest BCUT2D eigenvalue weighted by Gasteiger charge is 2.11. The van der Waals surface area contributed by atoms with Crippen LogP contribution in [0.4, 0.5) is 10.1 Å². The van der Waals surface area contributed by atoms with Crippen LogP contribution in [-0.2, 0) is 11.2 Å². The highest BCUT2D eigenvalue weighted by molar-refractivity contribution is 5.90. The predicted octanol–water partition coefficient (Wildman–Crippen LogP) is 4.36. The van der Waals surface area contributed by atoms with Crippen LogP contribution in [0.25, 0.3) is 11.3 Å². The molecule has 1 amide bonds. The molecule has 0 bridgehead atoms. The van der Waals surface area contributed by atoms with E-state index in [1.165, 1.54) is 12.3 Å². The minimum absolute atomic E-state index is 0.119. The molecule has 4 nitrogen and oxygen atoms in total. The maximum absolute atomic E-state index is 13.7. The second kappa shape index (κ2) is 7.08. The number of aromatic nitrogens is 1. The van der Waals surface area contributed by atoms with Crippen molar-refractivity contribution in [1.29, 1.82) is 0 Å². The van der Waals surface area contributed by atoms with Crippen molar-refractivity contribution in [3.8, 4) is 11.3 Å². The van der Waals surface area contributed by atoms with Gasteiger partial charge in [0, 0.05) is 18.5 Å². The van der Waals surface area contributed by atoms with Gasteiger partial charge in [-0.25, -0.2) is 9.37 Å². The molecule has 0 atom stereocenters. The van der Waals surface area contributed by atoms with E-state index in [1.807, 2.05) is 31.2 Å². The smallest absolute Gasteiger partial charge is 0.224 e. The largest absolute Gasteiger partial charge is 0.441 e. The number of carbonyl (C=O) groups excluding carboxylic acids is 1. The number of oxazole rings is 1. The Labute approximate surface area is 139 Å². The number of rotatable bonds is 5. The van der Waals surface area contributed by atoms with Crippen molar-refractivity contribution in [3.05, 3.63) is 72.0 Å². The summed E-state index contributed by atoms with van der Waals surface area (Å²) in [6.07, 6.45) is 2.07. The second-order valence-corrected chi connectivity index (χ2v) is 5.52. The molecule has 0 aliphatic heterocycles. The summed E-state index contributed by atoms with van der Waals surface area (Å²) in [5.74, 6) is 0.290. The van der Waals surface area contributed by atoms with Gasteiger partial charge in [0.05, 0.1) is 11.8 Å². The molecule has 0 saturated heterocycles. The van der Waals surface area contributed by atoms with Crippen molar-refractivity contribution < 1.29 is 13.6 Å². The fourth-order valence-electron chi connectivity index (χ4n) is 2.38. The van der Waals surface area contributed by atoms with Crippen LogP contribution in [0.15, 0.2) is 59.1 Å². The summed E-state index contributed by atoms with van der Waals surface area (Å²) in [4.78, 5) is 16.1. The third kappa shape index (κ3) is 3.87. The Morgan fingerprint density at radius 1 is 1.21 bits per heavy atom. The van der Waals surface area contributed by atoms with Crippen LogP contribution < -0.4 is 5.32 Å². The van der Waals surface area contributed by atoms with Crippen molar-refractivity contribution in [2.75, 3.05) is 5.32 Å². The fourth-order valence-corrected chi connectivity index (χ4v) is 2.38. The Morgan fingerprint density at radius 2 is 2.04 bits per heavy atom. The SMILES string of the molecule is Cc1cccc(NC(=O)CCc2ncc(-c3ccccc3F)o2)c1. The molecule has 2 aromatic carbocycles. The molecule has 0 spiro atoms. The molecule has 0 aliphatic rings. The lowest BCUT2D eigenvalue weighted by molar-refractivity contribution is -0.116. The number of carbonyl (C=O) groups is 1. The third-order valence-corrected chi connectivity index (χ3v) is 3.56. The highest BCUT2D eigenvalue weighted by atomic mass is 19.1. The summed E-state index contributed by atoms with van der Waals surface area (Å²) >= 11 is 0. The normalized spacial score (nSPS) is 10.6. The van der Waals surface area contributed by atoms with Crippen molar-refractivity contribution in [3.63, 3.8) is 0 Å². The summed E-state index contributed by atoms with van der Waals surface area (Å²) in [6, 6.07) is 13.9. The van der Waals surface area contributed by atoms with Crippen molar-refractivity contribution in [2.45, 2.75) is 19.8 Å². The van der Waals surface area contributed by atoms with Crippen LogP contribution in [-0.4, -0.2) is 10.9 Å². The Morgan fingerprint density at radius 3 is 2.83 bits per heavy atom. The van der Waals surface area contributed by atoms with E-state index in [0.717, 1.165) is 11.3 Å². The zero-order valence-corrected chi connectivity index (χ0v) is 13.3. The zero-order chi connectivity index (χ0) is 16.9. The molecule has 0 aliphatic carbocycles. The average Bonchev–Trinajstić information content (AvgIpc) is 3.02. The van der Waals surface area contributed by atoms with E-state index in [0.29, 0.717) is 23.6 Å². The maximum Gasteiger partial charge on any atom is 0.224 e. The van der Waals surface area contributed by atoms with Crippen LogP contribution in [0.2, 0.25) is 0 Å². The summed E-state index contributed by atoms with van der Waals surface area (Å²) in [5.41, 5.74) is 2.20. The van der Waals surface area contributed by atoms with Crippen LogP contribution in [0.1, 0.15) is 17.9 Å². The van der Waals surface area contributed by atoms with Crippen molar-refractivity contribution in [2.24, 2.45) is 0 Å². The fraction of sp³-hybridized carbons (Fsp3) is 0.158. The number of benzene rings is 2. The van der Waals surface area contributed by atoms with E-state index < -0.39 is 0 Å². The lowest BCUT2D eigenvalue weighted by atomic mass is 10.2. The number of halogens is 1. The van der Waals surface area contributed by atoms with E-state index in [2.05, 4.69) is 10.3 Å². The van der Waals surface area contributed by atoms with Crippen LogP contribution in [0.3, 0.4) is 0 Å². The summed E-state index contributed by atoms with van der Waals surface area (Å²) in [6.45, 7) is 1.96. The Bertz CT molecular complexity index is 858. The molecule has 24 heavy (non-hydrogen) atoms. The van der Waals surface area contributed by atoms with Gasteiger partial charge in [-0.15, -0.1) is 0 Å². The summed E-state index contributed by atoms with van der Waals surface area (Å²) < 4.78 is 19.3. The second-order valence-electron chi connectivity index (χ2n) is 5.52. The van der Waals surface area contributed by atoms with E-state index >= 15 is 0 Å². The Kier molecular flexibility index (Phi) is 4.70. The number of aryl methyl sites for hydroxylation is 2. The van der Waals surface area contributed by atoms with E-state index in [9.17, 15) is 9.18 Å². The quantitative estimate of drug-likeness (QED) is 0.758. The highest BCUT2D eigenvalue weighted by Crippen LogP contribution is 2.23. The van der Waals surface area contributed by atoms with Crippen LogP contribution in [0.5, 0.6) is 0 Å². The Hall–Kier alpha value is -2.95. The van der Waals surface area contributed by atoms with E-state index in [-0.39, 0.29) is 18.1 Å². The first-order valence-electron chi connectivity index (χ1n) is 7.68. The van der Waals surface area contributed by atoms with Crippen LogP contribution in [0, 0.1) is 12.7 Å². The molecule has 122 valence electrons. The average molecular weight is 324 g/mol. The first-order chi connectivity index (χ1) is 11.6. The molecule has 0 fully saturated rings. The van der Waals surface area contributed by atoms with Gasteiger partial charge >= 0.3 is 0 Å². The Balaban J connectivity index is 1.59. The summed E-state index contributed by atoms with van der Waals surface area (Å²) in [7, 11) is 0. The molecule has 3 rings (SSSR count). The van der Waals surface area contributed by atoms with Gasteiger partial charge in [-0.3, -0.25) is 4.79 Å². The lowest BCUT2D eigenvalue weighted by Gasteiger charge is -2.05. The van der Waals surface area contributed by atoms with Gasteiger partial charge in [-0.05, 0) is 36.8 Å². The summed E-state index contributed by atoms with van der Waals surface area (Å²) in [5, 5.41) is 2.83. The number of nitrogens with one attached hydrogen (secondary N) is 1. The van der Waals surface area contributed by atoms with Crippen molar-refractivity contribution in [1.82, 2.24) is 4.98 Å². The minimum Gasteiger partial charge on any atom is -0.441 e. The van der Waals surface area contributed by atoms with Gasteiger partial charge in [0.15, 0.2) is 11.7 Å².